The predicted octanol–water partition coefficient (Wildman–Crippen LogP) is 1.07. The molecule has 1 aliphatic carbocycles. The van der Waals surface area contributed by atoms with Crippen LogP contribution in [0.1, 0.15) is 36.9 Å². The fourth-order valence-electron chi connectivity index (χ4n) is 3.05. The second-order valence-corrected chi connectivity index (χ2v) is 7.35. The van der Waals surface area contributed by atoms with E-state index in [0.29, 0.717) is 12.6 Å². The molecule has 2 aromatic carbocycles. The van der Waals surface area contributed by atoms with Crippen molar-refractivity contribution in [2.24, 2.45) is 0 Å². The molecule has 0 spiro atoms. The molecule has 3 rings (SSSR count). The lowest BCUT2D eigenvalue weighted by Gasteiger charge is -2.25. The standard InChI is InChI=1S/C22H27N3O2/c1-16(25(2)15-20(26)23-19-13-14-19)22(27)24-21(17-9-5-3-6-10-17)18-11-7-4-8-12-18/h3-12,16,19,21H,13-15H2,1-2H3,(H,23,26)(H,24,27)/p+1/t16-/m1/s1. The number of amides is 2. The molecule has 0 heterocycles. The predicted molar refractivity (Wildman–Crippen MR) is 105 cm³/mol. The van der Waals surface area contributed by atoms with E-state index in [1.165, 1.54) is 0 Å². The first-order valence-electron chi connectivity index (χ1n) is 9.56. The third kappa shape index (κ3) is 5.41. The van der Waals surface area contributed by atoms with Crippen LogP contribution in [0.2, 0.25) is 0 Å². The fraction of sp³-hybridized carbons (Fsp3) is 0.364. The SMILES string of the molecule is C[C@H](C(=O)NC(c1ccccc1)c1ccccc1)[NH+](C)CC(=O)NC1CC1. The second kappa shape index (κ2) is 8.82. The lowest BCUT2D eigenvalue weighted by Crippen LogP contribution is -3.15. The summed E-state index contributed by atoms with van der Waals surface area (Å²) in [5, 5.41) is 6.14. The van der Waals surface area contributed by atoms with Gasteiger partial charge in [0.05, 0.1) is 13.1 Å². The van der Waals surface area contributed by atoms with Crippen LogP contribution in [0.15, 0.2) is 60.7 Å². The molecule has 0 aromatic heterocycles. The summed E-state index contributed by atoms with van der Waals surface area (Å²) in [7, 11) is 1.89. The Morgan fingerprint density at radius 3 is 2.00 bits per heavy atom. The Balaban J connectivity index is 1.67. The number of carbonyl (C=O) groups excluding carboxylic acids is 2. The minimum absolute atomic E-state index is 0.0114. The van der Waals surface area contributed by atoms with Gasteiger partial charge in [-0.25, -0.2) is 0 Å². The first-order chi connectivity index (χ1) is 13.0. The molecular formula is C22H28N3O2+. The van der Waals surface area contributed by atoms with Crippen molar-refractivity contribution in [1.29, 1.82) is 0 Å². The monoisotopic (exact) mass is 366 g/mol. The molecule has 0 radical (unpaired) electrons. The van der Waals surface area contributed by atoms with E-state index in [4.69, 9.17) is 0 Å². The molecule has 1 aliphatic rings. The first-order valence-corrected chi connectivity index (χ1v) is 9.56. The number of quaternary nitrogens is 1. The van der Waals surface area contributed by atoms with Crippen LogP contribution in [0.4, 0.5) is 0 Å². The summed E-state index contributed by atoms with van der Waals surface area (Å²) in [5.41, 5.74) is 2.07. The van der Waals surface area contributed by atoms with Crippen molar-refractivity contribution in [3.05, 3.63) is 71.8 Å². The van der Waals surface area contributed by atoms with Crippen LogP contribution in [-0.4, -0.2) is 37.5 Å². The molecule has 1 unspecified atom stereocenters. The van der Waals surface area contributed by atoms with Crippen molar-refractivity contribution in [2.45, 2.75) is 37.9 Å². The van der Waals surface area contributed by atoms with Gasteiger partial charge in [-0.2, -0.15) is 0 Å². The third-order valence-corrected chi connectivity index (χ3v) is 5.07. The molecule has 142 valence electrons. The van der Waals surface area contributed by atoms with Crippen LogP contribution in [0.5, 0.6) is 0 Å². The van der Waals surface area contributed by atoms with E-state index in [9.17, 15) is 9.59 Å². The van der Waals surface area contributed by atoms with Crippen molar-refractivity contribution in [1.82, 2.24) is 10.6 Å². The Hall–Kier alpha value is -2.66. The van der Waals surface area contributed by atoms with E-state index in [0.717, 1.165) is 28.9 Å². The molecule has 5 nitrogen and oxygen atoms in total. The minimum atomic E-state index is -0.329. The van der Waals surface area contributed by atoms with Gasteiger partial charge < -0.3 is 15.5 Å². The van der Waals surface area contributed by atoms with Crippen LogP contribution in [0, 0.1) is 0 Å². The molecule has 27 heavy (non-hydrogen) atoms. The van der Waals surface area contributed by atoms with E-state index in [1.807, 2.05) is 74.6 Å². The van der Waals surface area contributed by atoms with E-state index < -0.39 is 0 Å². The molecule has 0 aliphatic heterocycles. The van der Waals surface area contributed by atoms with Crippen LogP contribution >= 0.6 is 0 Å². The molecule has 1 fully saturated rings. The van der Waals surface area contributed by atoms with Crippen molar-refractivity contribution < 1.29 is 14.5 Å². The molecular weight excluding hydrogens is 338 g/mol. The van der Waals surface area contributed by atoms with Crippen molar-refractivity contribution >= 4 is 11.8 Å². The summed E-state index contributed by atoms with van der Waals surface area (Å²) >= 11 is 0. The van der Waals surface area contributed by atoms with Gasteiger partial charge in [0.1, 0.15) is 0 Å². The van der Waals surface area contributed by atoms with Crippen molar-refractivity contribution in [2.75, 3.05) is 13.6 Å². The highest BCUT2D eigenvalue weighted by Crippen LogP contribution is 2.21. The Labute approximate surface area is 160 Å². The van der Waals surface area contributed by atoms with Crippen LogP contribution in [0.25, 0.3) is 0 Å². The summed E-state index contributed by atoms with van der Waals surface area (Å²) in [6, 6.07) is 19.7. The quantitative estimate of drug-likeness (QED) is 0.655. The second-order valence-electron chi connectivity index (χ2n) is 7.35. The van der Waals surface area contributed by atoms with E-state index >= 15 is 0 Å². The summed E-state index contributed by atoms with van der Waals surface area (Å²) in [6.07, 6.45) is 2.13. The van der Waals surface area contributed by atoms with E-state index in [1.54, 1.807) is 0 Å². The molecule has 2 amide bonds. The first kappa shape index (κ1) is 19.1. The maximum absolute atomic E-state index is 12.9. The van der Waals surface area contributed by atoms with Gasteiger partial charge in [0, 0.05) is 6.04 Å². The number of nitrogens with one attached hydrogen (secondary N) is 3. The smallest absolute Gasteiger partial charge is 0.278 e. The normalized spacial score (nSPS) is 15.8. The number of likely N-dealkylation sites (N-methyl/N-ethyl adjacent to an activating group) is 1. The Morgan fingerprint density at radius 1 is 1.00 bits per heavy atom. The average molecular weight is 366 g/mol. The van der Waals surface area contributed by atoms with Gasteiger partial charge in [0.2, 0.25) is 0 Å². The van der Waals surface area contributed by atoms with Crippen LogP contribution in [-0.2, 0) is 9.59 Å². The zero-order chi connectivity index (χ0) is 19.2. The Kier molecular flexibility index (Phi) is 6.24. The van der Waals surface area contributed by atoms with Gasteiger partial charge in [0.25, 0.3) is 11.8 Å². The number of hydrogen-bond acceptors (Lipinski definition) is 2. The van der Waals surface area contributed by atoms with Gasteiger partial charge in [-0.15, -0.1) is 0 Å². The van der Waals surface area contributed by atoms with Crippen LogP contribution < -0.4 is 15.5 Å². The summed E-state index contributed by atoms with van der Waals surface area (Å²) < 4.78 is 0. The van der Waals surface area contributed by atoms with Gasteiger partial charge >= 0.3 is 0 Å². The topological polar surface area (TPSA) is 62.6 Å². The number of benzene rings is 2. The number of rotatable bonds is 8. The van der Waals surface area contributed by atoms with Gasteiger partial charge in [0.15, 0.2) is 12.6 Å². The van der Waals surface area contributed by atoms with Gasteiger partial charge in [-0.3, -0.25) is 9.59 Å². The van der Waals surface area contributed by atoms with E-state index in [2.05, 4.69) is 10.6 Å². The highest BCUT2D eigenvalue weighted by atomic mass is 16.2. The van der Waals surface area contributed by atoms with E-state index in [-0.39, 0.29) is 23.9 Å². The highest BCUT2D eigenvalue weighted by molar-refractivity contribution is 5.82. The molecule has 2 aromatic rings. The van der Waals surface area contributed by atoms with Crippen LogP contribution in [0.3, 0.4) is 0 Å². The molecule has 2 atom stereocenters. The van der Waals surface area contributed by atoms with Crippen molar-refractivity contribution in [3.63, 3.8) is 0 Å². The third-order valence-electron chi connectivity index (χ3n) is 5.07. The maximum Gasteiger partial charge on any atom is 0.278 e. The molecule has 0 bridgehead atoms. The summed E-state index contributed by atoms with van der Waals surface area (Å²) in [4.78, 5) is 25.8. The zero-order valence-corrected chi connectivity index (χ0v) is 15.9. The largest absolute Gasteiger partial charge is 0.348 e. The Bertz CT molecular complexity index is 720. The van der Waals surface area contributed by atoms with Gasteiger partial charge in [-0.1, -0.05) is 60.7 Å². The summed E-state index contributed by atoms with van der Waals surface area (Å²) in [5.74, 6) is -0.0539. The lowest BCUT2D eigenvalue weighted by atomic mass is 9.98. The molecule has 1 saturated carbocycles. The fourth-order valence-corrected chi connectivity index (χ4v) is 3.05. The zero-order valence-electron chi connectivity index (χ0n) is 15.9. The maximum atomic E-state index is 12.9. The molecule has 5 heteroatoms. The van der Waals surface area contributed by atoms with Crippen molar-refractivity contribution in [3.8, 4) is 0 Å². The highest BCUT2D eigenvalue weighted by Gasteiger charge is 2.29. The molecule has 0 saturated heterocycles. The lowest BCUT2D eigenvalue weighted by molar-refractivity contribution is -0.886. The number of carbonyl (C=O) groups is 2. The molecule has 3 N–H and O–H groups in total. The minimum Gasteiger partial charge on any atom is -0.348 e. The Morgan fingerprint density at radius 2 is 1.52 bits per heavy atom. The number of hydrogen-bond donors (Lipinski definition) is 3. The van der Waals surface area contributed by atoms with Gasteiger partial charge in [-0.05, 0) is 30.9 Å². The summed E-state index contributed by atoms with van der Waals surface area (Å²) in [6.45, 7) is 2.16. The average Bonchev–Trinajstić information content (AvgIpc) is 3.50.